The minimum Gasteiger partial charge on any atom is -0.481 e. The van der Waals surface area contributed by atoms with Gasteiger partial charge in [0.2, 0.25) is 0 Å². The van der Waals surface area contributed by atoms with Crippen molar-refractivity contribution in [2.75, 3.05) is 5.75 Å². The maximum atomic E-state index is 12.2. The molecule has 6 heteroatoms. The predicted molar refractivity (Wildman–Crippen MR) is 80.5 cm³/mol. The van der Waals surface area contributed by atoms with Gasteiger partial charge in [-0.25, -0.2) is 8.42 Å². The van der Waals surface area contributed by atoms with E-state index in [1.54, 1.807) is 12.1 Å². The van der Waals surface area contributed by atoms with E-state index in [-0.39, 0.29) is 4.90 Å². The van der Waals surface area contributed by atoms with Crippen LogP contribution in [-0.2, 0) is 14.6 Å². The topological polar surface area (TPSA) is 71.4 Å². The van der Waals surface area contributed by atoms with Crippen molar-refractivity contribution >= 4 is 42.5 Å². The molecule has 0 aliphatic heterocycles. The van der Waals surface area contributed by atoms with Crippen molar-refractivity contribution in [3.63, 3.8) is 0 Å². The van der Waals surface area contributed by atoms with Gasteiger partial charge < -0.3 is 5.11 Å². The van der Waals surface area contributed by atoms with Crippen LogP contribution in [0.2, 0.25) is 0 Å². The third kappa shape index (κ3) is 3.19. The summed E-state index contributed by atoms with van der Waals surface area (Å²) in [5.41, 5.74) is 0. The van der Waals surface area contributed by atoms with Crippen LogP contribution in [0.25, 0.3) is 10.8 Å². The number of benzene rings is 2. The van der Waals surface area contributed by atoms with Gasteiger partial charge in [0.1, 0.15) is 0 Å². The van der Waals surface area contributed by atoms with Gasteiger partial charge in [0.25, 0.3) is 0 Å². The molecule has 106 valence electrons. The summed E-state index contributed by atoms with van der Waals surface area (Å²) in [6, 6.07) is 10.4. The molecule has 0 amide bonds. The van der Waals surface area contributed by atoms with Gasteiger partial charge in [-0.05, 0) is 35.0 Å². The van der Waals surface area contributed by atoms with Crippen LogP contribution in [0.4, 0.5) is 0 Å². The molecular formula is C14H13BrO4S. The fourth-order valence-corrected chi connectivity index (χ4v) is 3.84. The lowest BCUT2D eigenvalue weighted by Crippen LogP contribution is -2.21. The molecule has 2 rings (SSSR count). The number of fused-ring (bicyclic) bond motifs is 1. The smallest absolute Gasteiger partial charge is 0.307 e. The number of halogens is 1. The zero-order valence-electron chi connectivity index (χ0n) is 10.7. The van der Waals surface area contributed by atoms with Gasteiger partial charge in [-0.1, -0.05) is 35.0 Å². The Kier molecular flexibility index (Phi) is 4.15. The third-order valence-corrected chi connectivity index (χ3v) is 5.43. The van der Waals surface area contributed by atoms with Gasteiger partial charge in [0.15, 0.2) is 9.84 Å². The van der Waals surface area contributed by atoms with Crippen molar-refractivity contribution in [1.82, 2.24) is 0 Å². The molecule has 4 nitrogen and oxygen atoms in total. The largest absolute Gasteiger partial charge is 0.481 e. The fraction of sp³-hybridized carbons (Fsp3) is 0.214. The molecular weight excluding hydrogens is 344 g/mol. The van der Waals surface area contributed by atoms with Crippen LogP contribution in [0.1, 0.15) is 6.92 Å². The summed E-state index contributed by atoms with van der Waals surface area (Å²) in [5.74, 6) is -2.44. The first-order valence-electron chi connectivity index (χ1n) is 5.94. The SMILES string of the molecule is CC(CS(=O)(=O)c1ccc2cc(Br)ccc2c1)C(=O)O. The number of rotatable bonds is 4. The van der Waals surface area contributed by atoms with Crippen molar-refractivity contribution < 1.29 is 18.3 Å². The van der Waals surface area contributed by atoms with Crippen LogP contribution in [0.15, 0.2) is 45.8 Å². The van der Waals surface area contributed by atoms with Gasteiger partial charge >= 0.3 is 5.97 Å². The summed E-state index contributed by atoms with van der Waals surface area (Å²) in [7, 11) is -3.60. The van der Waals surface area contributed by atoms with Crippen molar-refractivity contribution in [1.29, 1.82) is 0 Å². The molecule has 0 saturated carbocycles. The van der Waals surface area contributed by atoms with Crippen LogP contribution in [0.5, 0.6) is 0 Å². The normalized spacial score (nSPS) is 13.3. The van der Waals surface area contributed by atoms with Gasteiger partial charge in [-0.3, -0.25) is 4.79 Å². The standard InChI is InChI=1S/C14H13BrO4S/c1-9(14(16)17)8-20(18,19)13-5-3-10-6-12(15)4-2-11(10)7-13/h2-7,9H,8H2,1H3,(H,16,17). The van der Waals surface area contributed by atoms with Crippen LogP contribution >= 0.6 is 15.9 Å². The van der Waals surface area contributed by atoms with Gasteiger partial charge in [-0.15, -0.1) is 0 Å². The van der Waals surface area contributed by atoms with E-state index >= 15 is 0 Å². The highest BCUT2D eigenvalue weighted by Gasteiger charge is 2.22. The molecule has 0 aliphatic carbocycles. The summed E-state index contributed by atoms with van der Waals surface area (Å²) >= 11 is 3.36. The minimum absolute atomic E-state index is 0.153. The summed E-state index contributed by atoms with van der Waals surface area (Å²) < 4.78 is 25.3. The lowest BCUT2D eigenvalue weighted by atomic mass is 10.1. The van der Waals surface area contributed by atoms with E-state index in [1.807, 2.05) is 18.2 Å². The maximum absolute atomic E-state index is 12.2. The number of hydrogen-bond acceptors (Lipinski definition) is 3. The van der Waals surface area contributed by atoms with Gasteiger partial charge in [0.05, 0.1) is 16.6 Å². The van der Waals surface area contributed by atoms with E-state index in [4.69, 9.17) is 5.11 Å². The van der Waals surface area contributed by atoms with E-state index in [9.17, 15) is 13.2 Å². The van der Waals surface area contributed by atoms with Crippen molar-refractivity contribution in [2.45, 2.75) is 11.8 Å². The molecule has 2 aromatic rings. The van der Waals surface area contributed by atoms with Crippen molar-refractivity contribution in [3.05, 3.63) is 40.9 Å². The number of carboxylic acid groups (broad SMARTS) is 1. The van der Waals surface area contributed by atoms with Gasteiger partial charge in [0, 0.05) is 4.47 Å². The van der Waals surface area contributed by atoms with E-state index < -0.39 is 27.5 Å². The molecule has 20 heavy (non-hydrogen) atoms. The first-order valence-corrected chi connectivity index (χ1v) is 8.39. The minimum atomic E-state index is -3.60. The fourth-order valence-electron chi connectivity index (χ4n) is 1.88. The Labute approximate surface area is 125 Å². The molecule has 1 unspecified atom stereocenters. The van der Waals surface area contributed by atoms with E-state index in [0.29, 0.717) is 0 Å². The number of aliphatic carboxylic acids is 1. The van der Waals surface area contributed by atoms with E-state index in [0.717, 1.165) is 15.2 Å². The second-order valence-electron chi connectivity index (χ2n) is 4.67. The number of carbonyl (C=O) groups is 1. The number of hydrogen-bond donors (Lipinski definition) is 1. The number of sulfone groups is 1. The van der Waals surface area contributed by atoms with Crippen molar-refractivity contribution in [2.24, 2.45) is 5.92 Å². The molecule has 1 atom stereocenters. The van der Waals surface area contributed by atoms with E-state index in [2.05, 4.69) is 15.9 Å². The van der Waals surface area contributed by atoms with Gasteiger partial charge in [-0.2, -0.15) is 0 Å². The van der Waals surface area contributed by atoms with Crippen LogP contribution in [0, 0.1) is 5.92 Å². The lowest BCUT2D eigenvalue weighted by molar-refractivity contribution is -0.140. The Bertz CT molecular complexity index is 768. The zero-order chi connectivity index (χ0) is 14.9. The predicted octanol–water partition coefficient (Wildman–Crippen LogP) is 3.10. The summed E-state index contributed by atoms with van der Waals surface area (Å²) in [6.45, 7) is 1.39. The first-order chi connectivity index (χ1) is 9.29. The molecule has 0 bridgehead atoms. The lowest BCUT2D eigenvalue weighted by Gasteiger charge is -2.09. The Hall–Kier alpha value is -1.40. The molecule has 0 aliphatic rings. The summed E-state index contributed by atoms with van der Waals surface area (Å²) in [4.78, 5) is 10.9. The quantitative estimate of drug-likeness (QED) is 0.913. The molecule has 1 N–H and O–H groups in total. The molecule has 0 radical (unpaired) electrons. The second-order valence-corrected chi connectivity index (χ2v) is 7.62. The Balaban J connectivity index is 2.42. The summed E-state index contributed by atoms with van der Waals surface area (Å²) in [5, 5.41) is 10.5. The molecule has 0 spiro atoms. The average molecular weight is 357 g/mol. The van der Waals surface area contributed by atoms with Crippen LogP contribution in [0.3, 0.4) is 0 Å². The third-order valence-electron chi connectivity index (χ3n) is 3.02. The number of carboxylic acids is 1. The Morgan fingerprint density at radius 1 is 1.20 bits per heavy atom. The zero-order valence-corrected chi connectivity index (χ0v) is 13.1. The molecule has 0 heterocycles. The Morgan fingerprint density at radius 2 is 1.80 bits per heavy atom. The van der Waals surface area contributed by atoms with Crippen LogP contribution in [-0.4, -0.2) is 25.2 Å². The molecule has 0 fully saturated rings. The highest BCUT2D eigenvalue weighted by atomic mass is 79.9. The molecule has 2 aromatic carbocycles. The molecule has 0 saturated heterocycles. The molecule has 0 aromatic heterocycles. The summed E-state index contributed by atoms with van der Waals surface area (Å²) in [6.07, 6.45) is 0. The van der Waals surface area contributed by atoms with E-state index in [1.165, 1.54) is 13.0 Å². The maximum Gasteiger partial charge on any atom is 0.307 e. The second kappa shape index (κ2) is 5.54. The first kappa shape index (κ1) is 15.0. The Morgan fingerprint density at radius 3 is 2.45 bits per heavy atom. The highest BCUT2D eigenvalue weighted by Crippen LogP contribution is 2.24. The van der Waals surface area contributed by atoms with Crippen molar-refractivity contribution in [3.8, 4) is 0 Å². The monoisotopic (exact) mass is 356 g/mol. The van der Waals surface area contributed by atoms with Crippen LogP contribution < -0.4 is 0 Å². The highest BCUT2D eigenvalue weighted by molar-refractivity contribution is 9.10. The average Bonchev–Trinajstić information content (AvgIpc) is 2.37.